The van der Waals surface area contributed by atoms with Crippen molar-refractivity contribution >= 4 is 19.7 Å². The summed E-state index contributed by atoms with van der Waals surface area (Å²) in [5.74, 6) is -0.580. The number of nitrogens with one attached hydrogen (secondary N) is 1. The molecular formula is C53H97N2O7P. The number of amides is 1. The van der Waals surface area contributed by atoms with Crippen molar-refractivity contribution in [2.75, 3.05) is 40.9 Å². The van der Waals surface area contributed by atoms with Gasteiger partial charge >= 0.3 is 5.97 Å². The number of hydrogen-bond donors (Lipinski definition) is 1. The van der Waals surface area contributed by atoms with Crippen molar-refractivity contribution in [2.24, 2.45) is 0 Å². The summed E-state index contributed by atoms with van der Waals surface area (Å²) >= 11 is 0. The molecule has 3 atom stereocenters. The summed E-state index contributed by atoms with van der Waals surface area (Å²) in [6, 6.07) is -0.900. The summed E-state index contributed by atoms with van der Waals surface area (Å²) in [5.41, 5.74) is 0. The van der Waals surface area contributed by atoms with Gasteiger partial charge in [0.25, 0.3) is 7.82 Å². The number of phosphoric ester groups is 1. The predicted octanol–water partition coefficient (Wildman–Crippen LogP) is 14.1. The lowest BCUT2D eigenvalue weighted by Gasteiger charge is -2.30. The first-order chi connectivity index (χ1) is 30.4. The Bertz CT molecular complexity index is 1270. The van der Waals surface area contributed by atoms with Crippen LogP contribution in [-0.4, -0.2) is 69.4 Å². The molecule has 1 N–H and O–H groups in total. The maximum Gasteiger partial charge on any atom is 0.306 e. The Morgan fingerprint density at radius 1 is 0.571 bits per heavy atom. The average Bonchev–Trinajstić information content (AvgIpc) is 3.23. The van der Waals surface area contributed by atoms with Crippen molar-refractivity contribution in [3.63, 3.8) is 0 Å². The molecule has 0 aliphatic heterocycles. The standard InChI is InChI=1S/C53H97N2O7P/c1-7-10-13-16-19-22-25-27-30-32-35-38-41-44-51(62-53(57)46-43-40-37-34-29-24-21-18-15-12-9-3)50(49-61-63(58,59)60-48-47-55(4,5)6)54-52(56)45-42-39-36-33-31-28-26-23-20-17-14-11-8-2/h11,14,17-18,20-21,23,26,41,44,50-51H,7-10,12-13,15-16,19,22,24-25,27-40,42-43,45-49H2,1-6H3,(H-,54,56,58,59)/b14-11+,20-17+,21-18-,26-23-,44-41+. The molecular weight excluding hydrogens is 808 g/mol. The van der Waals surface area contributed by atoms with Crippen molar-refractivity contribution in [3.05, 3.63) is 60.8 Å². The number of allylic oxidation sites excluding steroid dienone is 9. The van der Waals surface area contributed by atoms with E-state index in [0.717, 1.165) is 96.3 Å². The SMILES string of the molecule is CC/C=C/C=C/C=C\CCCCCCCC(=O)NC(COP(=O)([O-])OCC[N+](C)(C)C)C(/C=C/CCCCCCCCCCCCC)OC(=O)CCCCCCC/C=C\CCCC. The average molecular weight is 905 g/mol. The molecule has 0 rings (SSSR count). The van der Waals surface area contributed by atoms with Crippen LogP contribution in [0.1, 0.15) is 213 Å². The lowest BCUT2D eigenvalue weighted by Crippen LogP contribution is -2.47. The largest absolute Gasteiger partial charge is 0.756 e. The number of rotatable bonds is 45. The van der Waals surface area contributed by atoms with Crippen molar-refractivity contribution in [2.45, 2.75) is 226 Å². The number of ether oxygens (including phenoxy) is 1. The number of phosphoric acid groups is 1. The van der Waals surface area contributed by atoms with Gasteiger partial charge in [-0.05, 0) is 70.3 Å². The second-order valence-corrected chi connectivity index (χ2v) is 19.8. The van der Waals surface area contributed by atoms with Crippen LogP contribution >= 0.6 is 7.82 Å². The number of likely N-dealkylation sites (N-methyl/N-ethyl adjacent to an activating group) is 1. The Hall–Kier alpha value is -2.29. The predicted molar refractivity (Wildman–Crippen MR) is 265 cm³/mol. The van der Waals surface area contributed by atoms with Crippen LogP contribution in [0, 0.1) is 0 Å². The Labute approximate surface area is 388 Å². The van der Waals surface area contributed by atoms with Gasteiger partial charge in [0.05, 0.1) is 33.8 Å². The molecule has 0 saturated heterocycles. The molecule has 0 aliphatic rings. The van der Waals surface area contributed by atoms with Gasteiger partial charge in [-0.25, -0.2) is 0 Å². The topological polar surface area (TPSA) is 114 Å². The molecule has 0 aromatic rings. The van der Waals surface area contributed by atoms with E-state index in [1.54, 1.807) is 0 Å². The molecule has 0 aromatic carbocycles. The number of unbranched alkanes of at least 4 members (excludes halogenated alkanes) is 23. The molecule has 0 fully saturated rings. The minimum atomic E-state index is -4.69. The second-order valence-electron chi connectivity index (χ2n) is 18.3. The van der Waals surface area contributed by atoms with Gasteiger partial charge in [-0.2, -0.15) is 0 Å². The number of carbonyl (C=O) groups is 2. The summed E-state index contributed by atoms with van der Waals surface area (Å²) in [4.78, 5) is 39.6. The molecule has 0 heterocycles. The van der Waals surface area contributed by atoms with Gasteiger partial charge in [0.2, 0.25) is 5.91 Å². The van der Waals surface area contributed by atoms with Crippen LogP contribution in [0.25, 0.3) is 0 Å². The fourth-order valence-electron chi connectivity index (χ4n) is 6.97. The Morgan fingerprint density at radius 3 is 1.60 bits per heavy atom. The van der Waals surface area contributed by atoms with Gasteiger partial charge in [0.15, 0.2) is 0 Å². The zero-order valence-corrected chi connectivity index (χ0v) is 42.4. The van der Waals surface area contributed by atoms with Crippen LogP contribution in [0.5, 0.6) is 0 Å². The normalized spacial score (nSPS) is 14.5. The monoisotopic (exact) mass is 905 g/mol. The molecule has 10 heteroatoms. The second kappa shape index (κ2) is 43.6. The van der Waals surface area contributed by atoms with E-state index in [1.807, 2.05) is 39.4 Å². The minimum absolute atomic E-state index is 0.0295. The molecule has 1 amide bonds. The zero-order valence-electron chi connectivity index (χ0n) is 41.5. The van der Waals surface area contributed by atoms with Crippen LogP contribution in [0.4, 0.5) is 0 Å². The molecule has 3 unspecified atom stereocenters. The van der Waals surface area contributed by atoms with E-state index in [2.05, 4.69) is 68.6 Å². The summed E-state index contributed by atoms with van der Waals surface area (Å²) in [6.07, 6.45) is 51.9. The van der Waals surface area contributed by atoms with Gasteiger partial charge in [0.1, 0.15) is 19.3 Å². The maximum absolute atomic E-state index is 13.4. The molecule has 9 nitrogen and oxygen atoms in total. The third-order valence-corrected chi connectivity index (χ3v) is 12.0. The van der Waals surface area contributed by atoms with Crippen molar-refractivity contribution < 1.29 is 37.3 Å². The third-order valence-electron chi connectivity index (χ3n) is 11.0. The highest BCUT2D eigenvalue weighted by Gasteiger charge is 2.27. The van der Waals surface area contributed by atoms with Gasteiger partial charge in [-0.3, -0.25) is 14.2 Å². The van der Waals surface area contributed by atoms with E-state index in [-0.39, 0.29) is 24.9 Å². The summed E-state index contributed by atoms with van der Waals surface area (Å²) < 4.78 is 30.1. The van der Waals surface area contributed by atoms with E-state index >= 15 is 0 Å². The molecule has 63 heavy (non-hydrogen) atoms. The molecule has 366 valence electrons. The Balaban J connectivity index is 5.51. The zero-order chi connectivity index (χ0) is 46.5. The van der Waals surface area contributed by atoms with Gasteiger partial charge in [-0.15, -0.1) is 0 Å². The van der Waals surface area contributed by atoms with Crippen molar-refractivity contribution in [3.8, 4) is 0 Å². The van der Waals surface area contributed by atoms with E-state index in [0.29, 0.717) is 30.3 Å². The van der Waals surface area contributed by atoms with Crippen molar-refractivity contribution in [1.29, 1.82) is 0 Å². The number of nitrogens with zero attached hydrogens (tertiary/aromatic N) is 1. The van der Waals surface area contributed by atoms with Crippen LogP contribution in [0.15, 0.2) is 60.8 Å². The number of hydrogen-bond acceptors (Lipinski definition) is 7. The maximum atomic E-state index is 13.4. The van der Waals surface area contributed by atoms with Gasteiger partial charge < -0.3 is 28.5 Å². The first kappa shape index (κ1) is 60.7. The van der Waals surface area contributed by atoms with Crippen LogP contribution in [0.2, 0.25) is 0 Å². The molecule has 0 saturated carbocycles. The van der Waals surface area contributed by atoms with Gasteiger partial charge in [0, 0.05) is 12.8 Å². The Morgan fingerprint density at radius 2 is 1.05 bits per heavy atom. The fourth-order valence-corrected chi connectivity index (χ4v) is 7.69. The lowest BCUT2D eigenvalue weighted by molar-refractivity contribution is -0.870. The molecule has 0 aromatic heterocycles. The third kappa shape index (κ3) is 44.7. The van der Waals surface area contributed by atoms with E-state index in [4.69, 9.17) is 13.8 Å². The first-order valence-corrected chi connectivity index (χ1v) is 27.1. The lowest BCUT2D eigenvalue weighted by atomic mass is 10.0. The summed E-state index contributed by atoms with van der Waals surface area (Å²) in [6.45, 7) is 6.62. The number of esters is 1. The quantitative estimate of drug-likeness (QED) is 0.0162. The molecule has 0 aliphatic carbocycles. The van der Waals surface area contributed by atoms with Crippen LogP contribution in [0.3, 0.4) is 0 Å². The Kier molecular flexibility index (Phi) is 42.0. The molecule has 0 bridgehead atoms. The highest BCUT2D eigenvalue weighted by Crippen LogP contribution is 2.38. The van der Waals surface area contributed by atoms with E-state index in [9.17, 15) is 19.0 Å². The number of carbonyl (C=O) groups excluding carboxylic acids is 2. The first-order valence-electron chi connectivity index (χ1n) is 25.6. The van der Waals surface area contributed by atoms with Crippen LogP contribution in [-0.2, 0) is 27.9 Å². The highest BCUT2D eigenvalue weighted by molar-refractivity contribution is 7.45. The number of quaternary nitrogens is 1. The van der Waals surface area contributed by atoms with E-state index < -0.39 is 26.6 Å². The highest BCUT2D eigenvalue weighted by atomic mass is 31.2. The fraction of sp³-hybridized carbons (Fsp3) is 0.774. The summed E-state index contributed by atoms with van der Waals surface area (Å²) in [5, 5.41) is 2.99. The molecule has 0 spiro atoms. The summed E-state index contributed by atoms with van der Waals surface area (Å²) in [7, 11) is 1.16. The van der Waals surface area contributed by atoms with E-state index in [1.165, 1.54) is 70.6 Å². The van der Waals surface area contributed by atoms with Crippen molar-refractivity contribution in [1.82, 2.24) is 5.32 Å². The van der Waals surface area contributed by atoms with Crippen LogP contribution < -0.4 is 10.2 Å². The minimum Gasteiger partial charge on any atom is -0.756 e. The van der Waals surface area contributed by atoms with Gasteiger partial charge in [-0.1, -0.05) is 191 Å². The smallest absolute Gasteiger partial charge is 0.306 e. The molecule has 0 radical (unpaired) electrons.